The number of imidazole rings is 1. The first-order valence-electron chi connectivity index (χ1n) is 10.7. The number of Topliss-reactive ketones (excluding diaryl/α,β-unsaturated/α-hetero) is 1. The van der Waals surface area contributed by atoms with Crippen LogP contribution in [0.25, 0.3) is 22.2 Å². The first-order valence-corrected chi connectivity index (χ1v) is 10.7. The van der Waals surface area contributed by atoms with Gasteiger partial charge in [-0.1, -0.05) is 18.6 Å². The molecule has 1 aromatic carbocycles. The maximum atomic E-state index is 12.5. The van der Waals surface area contributed by atoms with Gasteiger partial charge < -0.3 is 4.57 Å². The van der Waals surface area contributed by atoms with Crippen molar-refractivity contribution in [3.8, 4) is 11.3 Å². The normalized spacial score (nSPS) is 16.8. The average molecular weight is 390 g/mol. The van der Waals surface area contributed by atoms with E-state index >= 15 is 0 Å². The van der Waals surface area contributed by atoms with E-state index in [4.69, 9.17) is 4.98 Å². The van der Waals surface area contributed by atoms with E-state index < -0.39 is 0 Å². The van der Waals surface area contributed by atoms with Crippen LogP contribution in [0.4, 0.5) is 0 Å². The maximum absolute atomic E-state index is 12.5. The highest BCUT2D eigenvalue weighted by molar-refractivity contribution is 5.85. The molecular weight excluding hydrogens is 362 g/mol. The summed E-state index contributed by atoms with van der Waals surface area (Å²) in [4.78, 5) is 28.4. The molecule has 29 heavy (non-hydrogen) atoms. The quantitative estimate of drug-likeness (QED) is 0.646. The zero-order chi connectivity index (χ0) is 19.8. The van der Waals surface area contributed by atoms with Gasteiger partial charge in [-0.3, -0.25) is 9.69 Å². The number of hydrogen-bond donors (Lipinski definition) is 0. The summed E-state index contributed by atoms with van der Waals surface area (Å²) < 4.78 is 2.33. The minimum atomic E-state index is 0.180. The molecule has 5 rings (SSSR count). The summed E-state index contributed by atoms with van der Waals surface area (Å²) in [6, 6.07) is 6.84. The van der Waals surface area contributed by atoms with Crippen LogP contribution in [0.3, 0.4) is 0 Å². The van der Waals surface area contributed by atoms with E-state index in [0.717, 1.165) is 35.1 Å². The van der Waals surface area contributed by atoms with Gasteiger partial charge in [0, 0.05) is 36.2 Å². The summed E-state index contributed by atoms with van der Waals surface area (Å²) in [5, 5.41) is 0.995. The summed E-state index contributed by atoms with van der Waals surface area (Å²) in [6.45, 7) is 1.51. The van der Waals surface area contributed by atoms with E-state index in [1.54, 1.807) is 0 Å². The molecule has 0 unspecified atom stereocenters. The zero-order valence-electron chi connectivity index (χ0n) is 17.0. The number of aryl methyl sites for hydroxylation is 1. The molecule has 0 spiro atoms. The van der Waals surface area contributed by atoms with E-state index in [2.05, 4.69) is 37.6 Å². The fourth-order valence-corrected chi connectivity index (χ4v) is 4.42. The van der Waals surface area contributed by atoms with Gasteiger partial charge in [0.15, 0.2) is 5.78 Å². The number of nitrogens with zero attached hydrogens (tertiary/aromatic N) is 5. The Morgan fingerprint density at radius 2 is 2.07 bits per heavy atom. The molecule has 1 fully saturated rings. The number of hydrogen-bond acceptors (Lipinski definition) is 5. The van der Waals surface area contributed by atoms with Gasteiger partial charge in [0.25, 0.3) is 0 Å². The molecular formula is C23H27N5O. The van der Waals surface area contributed by atoms with Crippen molar-refractivity contribution in [3.05, 3.63) is 42.2 Å². The molecule has 0 bridgehead atoms. The lowest BCUT2D eigenvalue weighted by atomic mass is 9.92. The third kappa shape index (κ3) is 3.69. The van der Waals surface area contributed by atoms with E-state index in [1.807, 2.05) is 19.4 Å². The lowest BCUT2D eigenvalue weighted by Gasteiger charge is -2.34. The van der Waals surface area contributed by atoms with Crippen LogP contribution < -0.4 is 0 Å². The van der Waals surface area contributed by atoms with E-state index in [9.17, 15) is 4.79 Å². The second-order valence-electron chi connectivity index (χ2n) is 8.44. The van der Waals surface area contributed by atoms with E-state index in [-0.39, 0.29) is 5.78 Å². The molecule has 0 N–H and O–H groups in total. The van der Waals surface area contributed by atoms with Crippen molar-refractivity contribution in [1.82, 2.24) is 24.4 Å². The number of fused-ring (bicyclic) bond motifs is 2. The Balaban J connectivity index is 1.36. The lowest BCUT2D eigenvalue weighted by molar-refractivity contribution is -0.120. The predicted molar refractivity (Wildman–Crippen MR) is 113 cm³/mol. The van der Waals surface area contributed by atoms with Crippen LogP contribution in [-0.4, -0.2) is 49.8 Å². The van der Waals surface area contributed by atoms with Crippen LogP contribution >= 0.6 is 0 Å². The zero-order valence-corrected chi connectivity index (χ0v) is 17.0. The van der Waals surface area contributed by atoms with Crippen molar-refractivity contribution in [1.29, 1.82) is 0 Å². The number of rotatable bonds is 6. The smallest absolute Gasteiger partial charge is 0.154 e. The molecule has 1 saturated carbocycles. The van der Waals surface area contributed by atoms with Crippen molar-refractivity contribution in [2.45, 2.75) is 57.5 Å². The van der Waals surface area contributed by atoms with Crippen LogP contribution in [0.15, 0.2) is 30.6 Å². The summed E-state index contributed by atoms with van der Waals surface area (Å²) in [5.74, 6) is 1.97. The molecule has 1 aliphatic heterocycles. The number of carbonyl (C=O) groups is 1. The van der Waals surface area contributed by atoms with Crippen molar-refractivity contribution in [3.63, 3.8) is 0 Å². The Morgan fingerprint density at radius 3 is 2.90 bits per heavy atom. The van der Waals surface area contributed by atoms with Gasteiger partial charge in [-0.25, -0.2) is 15.0 Å². The first-order chi connectivity index (χ1) is 14.2. The Kier molecular flexibility index (Phi) is 4.87. The summed E-state index contributed by atoms with van der Waals surface area (Å²) in [7, 11) is 2.04. The Morgan fingerprint density at radius 1 is 1.17 bits per heavy atom. The monoisotopic (exact) mass is 389 g/mol. The minimum absolute atomic E-state index is 0.180. The van der Waals surface area contributed by atoms with Crippen molar-refractivity contribution in [2.75, 3.05) is 13.6 Å². The average Bonchev–Trinajstić information content (AvgIpc) is 3.10. The van der Waals surface area contributed by atoms with Crippen LogP contribution in [0.5, 0.6) is 0 Å². The Labute approximate surface area is 171 Å². The highest BCUT2D eigenvalue weighted by Gasteiger charge is 2.23. The van der Waals surface area contributed by atoms with Gasteiger partial charge >= 0.3 is 0 Å². The highest BCUT2D eigenvalue weighted by atomic mass is 16.1. The molecule has 150 valence electrons. The summed E-state index contributed by atoms with van der Waals surface area (Å²) in [5.41, 5.74) is 3.16. The molecule has 2 aliphatic rings. The maximum Gasteiger partial charge on any atom is 0.154 e. The Bertz CT molecular complexity index is 1050. The molecule has 6 heteroatoms. The van der Waals surface area contributed by atoms with Crippen molar-refractivity contribution < 1.29 is 4.79 Å². The number of aromatic nitrogens is 4. The molecule has 3 heterocycles. The summed E-state index contributed by atoms with van der Waals surface area (Å²) in [6.07, 6.45) is 11.3. The minimum Gasteiger partial charge on any atom is -0.328 e. The number of likely N-dealkylation sites (N-methyl/N-ethyl adjacent to an activating group) is 1. The van der Waals surface area contributed by atoms with E-state index in [1.165, 1.54) is 37.9 Å². The standard InChI is InChI=1S/C23H27N5O/c1-27(18-5-4-6-18)15-19(29)12-22-24-13-17-9-8-16(11-20(17)26-22)21-14-25-23-7-2-3-10-28(21)23/h8-9,11,13-14,18H,2-7,10,12,15H2,1H3. The van der Waals surface area contributed by atoms with Gasteiger partial charge in [-0.05, 0) is 38.8 Å². The molecule has 0 radical (unpaired) electrons. The highest BCUT2D eigenvalue weighted by Crippen LogP contribution is 2.27. The first kappa shape index (κ1) is 18.4. The van der Waals surface area contributed by atoms with Gasteiger partial charge in [0.1, 0.15) is 11.6 Å². The largest absolute Gasteiger partial charge is 0.328 e. The summed E-state index contributed by atoms with van der Waals surface area (Å²) >= 11 is 0. The third-order valence-electron chi connectivity index (χ3n) is 6.38. The molecule has 0 amide bonds. The van der Waals surface area contributed by atoms with Crippen LogP contribution in [0.1, 0.15) is 43.8 Å². The van der Waals surface area contributed by atoms with Crippen molar-refractivity contribution >= 4 is 16.7 Å². The van der Waals surface area contributed by atoms with Crippen LogP contribution in [0.2, 0.25) is 0 Å². The number of carbonyl (C=O) groups excluding carboxylic acids is 1. The van der Waals surface area contributed by atoms with Crippen LogP contribution in [-0.2, 0) is 24.2 Å². The van der Waals surface area contributed by atoms with Gasteiger partial charge in [0.05, 0.1) is 30.4 Å². The van der Waals surface area contributed by atoms with Crippen LogP contribution in [0, 0.1) is 0 Å². The van der Waals surface area contributed by atoms with Gasteiger partial charge in [0.2, 0.25) is 0 Å². The molecule has 2 aromatic heterocycles. The van der Waals surface area contributed by atoms with Crippen molar-refractivity contribution in [2.24, 2.45) is 0 Å². The van der Waals surface area contributed by atoms with E-state index in [0.29, 0.717) is 24.8 Å². The van der Waals surface area contributed by atoms with Gasteiger partial charge in [-0.2, -0.15) is 0 Å². The molecule has 3 aromatic rings. The van der Waals surface area contributed by atoms with Gasteiger partial charge in [-0.15, -0.1) is 0 Å². The molecule has 0 atom stereocenters. The second kappa shape index (κ2) is 7.67. The topological polar surface area (TPSA) is 63.9 Å². The SMILES string of the molecule is CN(CC(=O)Cc1ncc2ccc(-c3cnc4n3CCCC4)cc2n1)C1CCC1. The lowest BCUT2D eigenvalue weighted by Crippen LogP contribution is -2.40. The molecule has 6 nitrogen and oxygen atoms in total. The fraction of sp³-hybridized carbons (Fsp3) is 0.478. The molecule has 1 aliphatic carbocycles. The Hall–Kier alpha value is -2.60. The molecule has 0 saturated heterocycles. The predicted octanol–water partition coefficient (Wildman–Crippen LogP) is 3.43. The second-order valence-corrected chi connectivity index (χ2v) is 8.44. The number of benzene rings is 1. The number of ketones is 1. The fourth-order valence-electron chi connectivity index (χ4n) is 4.42. The third-order valence-corrected chi connectivity index (χ3v) is 6.38.